The lowest BCUT2D eigenvalue weighted by Gasteiger charge is -2.19. The summed E-state index contributed by atoms with van der Waals surface area (Å²) in [5.41, 5.74) is 1.47. The van der Waals surface area contributed by atoms with Gasteiger partial charge in [0.25, 0.3) is 0 Å². The average molecular weight is 298 g/mol. The van der Waals surface area contributed by atoms with Crippen LogP contribution in [0.15, 0.2) is 60.4 Å². The molecule has 1 saturated heterocycles. The van der Waals surface area contributed by atoms with Crippen molar-refractivity contribution < 1.29 is 18.7 Å². The fraction of sp³-hybridized carbons (Fsp3) is 0.167. The summed E-state index contributed by atoms with van der Waals surface area (Å²) >= 11 is 0. The zero-order valence-electron chi connectivity index (χ0n) is 12.3. The zero-order chi connectivity index (χ0) is 15.7. The second-order valence-corrected chi connectivity index (χ2v) is 5.54. The first-order valence-corrected chi connectivity index (χ1v) is 6.94. The van der Waals surface area contributed by atoms with Gasteiger partial charge >= 0.3 is 6.16 Å². The summed E-state index contributed by atoms with van der Waals surface area (Å²) in [5, 5.41) is 0. The van der Waals surface area contributed by atoms with Gasteiger partial charge in [0.15, 0.2) is 11.4 Å². The Balaban J connectivity index is 2.24. The van der Waals surface area contributed by atoms with E-state index in [-0.39, 0.29) is 5.82 Å². The van der Waals surface area contributed by atoms with Crippen molar-refractivity contribution in [3.05, 3.63) is 77.3 Å². The SMILES string of the molecule is CC1(C)OC(=O)O/C1=C(/c1ccccc1)c1ccc(F)cc1. The first-order chi connectivity index (χ1) is 10.5. The predicted octanol–water partition coefficient (Wildman–Crippen LogP) is 4.53. The standard InChI is InChI=1S/C18H15FO3/c1-18(2)16(21-17(20)22-18)15(12-6-4-3-5-7-12)13-8-10-14(19)11-9-13/h3-11H,1-2H3/b16-15-. The highest BCUT2D eigenvalue weighted by Crippen LogP contribution is 2.39. The van der Waals surface area contributed by atoms with E-state index in [1.807, 2.05) is 30.3 Å². The second kappa shape index (κ2) is 5.30. The summed E-state index contributed by atoms with van der Waals surface area (Å²) < 4.78 is 23.7. The maximum absolute atomic E-state index is 13.2. The molecule has 1 aliphatic heterocycles. The van der Waals surface area contributed by atoms with Crippen LogP contribution in [0.3, 0.4) is 0 Å². The summed E-state index contributed by atoms with van der Waals surface area (Å²) in [6, 6.07) is 15.6. The first kappa shape index (κ1) is 14.3. The highest BCUT2D eigenvalue weighted by Gasteiger charge is 2.42. The Morgan fingerprint density at radius 3 is 2.09 bits per heavy atom. The van der Waals surface area contributed by atoms with Gasteiger partial charge in [-0.2, -0.15) is 0 Å². The fourth-order valence-electron chi connectivity index (χ4n) is 2.48. The quantitative estimate of drug-likeness (QED) is 0.764. The van der Waals surface area contributed by atoms with Gasteiger partial charge in [-0.25, -0.2) is 9.18 Å². The Morgan fingerprint density at radius 2 is 1.55 bits per heavy atom. The molecule has 0 aromatic heterocycles. The monoisotopic (exact) mass is 298 g/mol. The van der Waals surface area contributed by atoms with E-state index < -0.39 is 11.8 Å². The van der Waals surface area contributed by atoms with Crippen molar-refractivity contribution in [1.29, 1.82) is 0 Å². The number of benzene rings is 2. The van der Waals surface area contributed by atoms with Gasteiger partial charge in [0.2, 0.25) is 0 Å². The molecule has 1 heterocycles. The highest BCUT2D eigenvalue weighted by molar-refractivity contribution is 5.85. The largest absolute Gasteiger partial charge is 0.514 e. The average Bonchev–Trinajstić information content (AvgIpc) is 2.75. The molecule has 0 unspecified atom stereocenters. The normalized spacial score (nSPS) is 18.6. The number of cyclic esters (lactones) is 2. The third-order valence-electron chi connectivity index (χ3n) is 3.49. The lowest BCUT2D eigenvalue weighted by Crippen LogP contribution is -2.21. The lowest BCUT2D eigenvalue weighted by atomic mass is 9.91. The Morgan fingerprint density at radius 1 is 0.955 bits per heavy atom. The van der Waals surface area contributed by atoms with Crippen LogP contribution in [0.4, 0.5) is 9.18 Å². The summed E-state index contributed by atoms with van der Waals surface area (Å²) in [4.78, 5) is 11.6. The molecule has 0 N–H and O–H groups in total. The Bertz CT molecular complexity index is 731. The van der Waals surface area contributed by atoms with Crippen molar-refractivity contribution >= 4 is 11.7 Å². The van der Waals surface area contributed by atoms with Crippen molar-refractivity contribution in [2.75, 3.05) is 0 Å². The molecule has 3 nitrogen and oxygen atoms in total. The molecule has 22 heavy (non-hydrogen) atoms. The molecule has 0 spiro atoms. The van der Waals surface area contributed by atoms with Crippen LogP contribution in [0.2, 0.25) is 0 Å². The highest BCUT2D eigenvalue weighted by atomic mass is 19.1. The van der Waals surface area contributed by atoms with E-state index in [2.05, 4.69) is 0 Å². The molecule has 0 bridgehead atoms. The van der Waals surface area contributed by atoms with Crippen molar-refractivity contribution in [2.24, 2.45) is 0 Å². The second-order valence-electron chi connectivity index (χ2n) is 5.54. The molecule has 0 radical (unpaired) electrons. The van der Waals surface area contributed by atoms with E-state index in [0.717, 1.165) is 16.7 Å². The van der Waals surface area contributed by atoms with Gasteiger partial charge in [-0.3, -0.25) is 0 Å². The van der Waals surface area contributed by atoms with Gasteiger partial charge in [-0.05, 0) is 37.1 Å². The molecule has 0 amide bonds. The van der Waals surface area contributed by atoms with Gasteiger partial charge < -0.3 is 9.47 Å². The molecule has 2 aromatic rings. The van der Waals surface area contributed by atoms with Crippen molar-refractivity contribution in [3.63, 3.8) is 0 Å². The van der Waals surface area contributed by atoms with E-state index >= 15 is 0 Å². The molecule has 2 aromatic carbocycles. The topological polar surface area (TPSA) is 35.5 Å². The van der Waals surface area contributed by atoms with Crippen LogP contribution >= 0.6 is 0 Å². The van der Waals surface area contributed by atoms with E-state index in [0.29, 0.717) is 5.76 Å². The minimum Gasteiger partial charge on any atom is -0.420 e. The Kier molecular flexibility index (Phi) is 3.45. The molecule has 1 aliphatic rings. The van der Waals surface area contributed by atoms with Crippen LogP contribution in [-0.4, -0.2) is 11.8 Å². The zero-order valence-corrected chi connectivity index (χ0v) is 12.3. The third-order valence-corrected chi connectivity index (χ3v) is 3.49. The predicted molar refractivity (Wildman–Crippen MR) is 80.5 cm³/mol. The van der Waals surface area contributed by atoms with E-state index in [1.54, 1.807) is 26.0 Å². The lowest BCUT2D eigenvalue weighted by molar-refractivity contribution is 0.0873. The van der Waals surface area contributed by atoms with Gasteiger partial charge in [-0.15, -0.1) is 0 Å². The molecule has 0 saturated carbocycles. The molecule has 112 valence electrons. The maximum Gasteiger partial charge on any atom is 0.514 e. The molecule has 0 atom stereocenters. The third kappa shape index (κ3) is 2.60. The molecule has 0 aliphatic carbocycles. The molecule has 4 heteroatoms. The molecule has 3 rings (SSSR count). The van der Waals surface area contributed by atoms with Crippen molar-refractivity contribution in [2.45, 2.75) is 19.4 Å². The van der Waals surface area contributed by atoms with Crippen molar-refractivity contribution in [3.8, 4) is 0 Å². The van der Waals surface area contributed by atoms with Gasteiger partial charge in [0.05, 0.1) is 0 Å². The summed E-state index contributed by atoms with van der Waals surface area (Å²) in [6.45, 7) is 3.53. The number of carbonyl (C=O) groups is 1. The molecular formula is C18H15FO3. The Labute approximate surface area is 128 Å². The minimum atomic E-state index is -0.878. The molecular weight excluding hydrogens is 283 g/mol. The Hall–Kier alpha value is -2.62. The van der Waals surface area contributed by atoms with Crippen LogP contribution in [0.25, 0.3) is 5.57 Å². The summed E-state index contributed by atoms with van der Waals surface area (Å²) in [7, 11) is 0. The van der Waals surface area contributed by atoms with Gasteiger partial charge in [0, 0.05) is 5.57 Å². The summed E-state index contributed by atoms with van der Waals surface area (Å²) in [6.07, 6.45) is -0.726. The molecule has 1 fully saturated rings. The minimum absolute atomic E-state index is 0.319. The number of ether oxygens (including phenoxy) is 2. The first-order valence-electron chi connectivity index (χ1n) is 6.94. The van der Waals surface area contributed by atoms with Crippen LogP contribution in [-0.2, 0) is 9.47 Å². The van der Waals surface area contributed by atoms with Crippen LogP contribution in [0, 0.1) is 5.82 Å². The van der Waals surface area contributed by atoms with Crippen LogP contribution < -0.4 is 0 Å². The van der Waals surface area contributed by atoms with Crippen molar-refractivity contribution in [1.82, 2.24) is 0 Å². The van der Waals surface area contributed by atoms with E-state index in [1.165, 1.54) is 12.1 Å². The smallest absolute Gasteiger partial charge is 0.420 e. The fourth-order valence-corrected chi connectivity index (χ4v) is 2.48. The van der Waals surface area contributed by atoms with E-state index in [9.17, 15) is 9.18 Å². The summed E-state index contributed by atoms with van der Waals surface area (Å²) in [5.74, 6) is 0.107. The van der Waals surface area contributed by atoms with Gasteiger partial charge in [-0.1, -0.05) is 42.5 Å². The number of carbonyl (C=O) groups excluding carboxylic acids is 1. The number of rotatable bonds is 2. The number of halogens is 1. The van der Waals surface area contributed by atoms with Gasteiger partial charge in [0.1, 0.15) is 5.82 Å². The van der Waals surface area contributed by atoms with E-state index in [4.69, 9.17) is 9.47 Å². The number of hydrogen-bond donors (Lipinski definition) is 0. The van der Waals surface area contributed by atoms with Crippen LogP contribution in [0.1, 0.15) is 25.0 Å². The number of hydrogen-bond acceptors (Lipinski definition) is 3. The maximum atomic E-state index is 13.2. The van der Waals surface area contributed by atoms with Crippen LogP contribution in [0.5, 0.6) is 0 Å².